The first-order valence-corrected chi connectivity index (χ1v) is 5.61. The molecule has 1 aliphatic rings. The Bertz CT molecular complexity index is 428. The fraction of sp³-hybridized carbons (Fsp3) is 0.417. The van der Waals surface area contributed by atoms with Crippen LogP contribution in [0.15, 0.2) is 18.2 Å². The third-order valence-corrected chi connectivity index (χ3v) is 3.08. The van der Waals surface area contributed by atoms with Crippen LogP contribution in [0.3, 0.4) is 0 Å². The molecule has 0 spiro atoms. The summed E-state index contributed by atoms with van der Waals surface area (Å²) in [6.07, 6.45) is 0. The molecule has 0 unspecified atom stereocenters. The molecule has 5 heteroatoms. The number of hydrogen-bond acceptors (Lipinski definition) is 3. The zero-order chi connectivity index (χ0) is 12.4. The Kier molecular flexibility index (Phi) is 3.28. The van der Waals surface area contributed by atoms with E-state index in [2.05, 4.69) is 4.90 Å². The van der Waals surface area contributed by atoms with Crippen LogP contribution in [0, 0.1) is 5.82 Å². The van der Waals surface area contributed by atoms with Crippen molar-refractivity contribution in [1.29, 1.82) is 0 Å². The van der Waals surface area contributed by atoms with Crippen LogP contribution in [-0.2, 0) is 0 Å². The number of benzene rings is 1. The highest BCUT2D eigenvalue weighted by atomic mass is 19.1. The number of anilines is 1. The van der Waals surface area contributed by atoms with Crippen LogP contribution in [0.4, 0.5) is 10.1 Å². The molecule has 0 radical (unpaired) electrons. The maximum absolute atomic E-state index is 13.8. The molecule has 2 rings (SSSR count). The summed E-state index contributed by atoms with van der Waals surface area (Å²) in [6.45, 7) is 3.42. The number of primary amides is 1. The average molecular weight is 237 g/mol. The number of halogens is 1. The number of rotatable bonds is 2. The van der Waals surface area contributed by atoms with Gasteiger partial charge in [-0.3, -0.25) is 4.79 Å². The SMILES string of the molecule is CN1CCN(c2ccc(C(N)=O)cc2F)CC1. The lowest BCUT2D eigenvalue weighted by atomic mass is 10.1. The van der Waals surface area contributed by atoms with Crippen molar-refractivity contribution in [2.24, 2.45) is 5.73 Å². The van der Waals surface area contributed by atoms with Crippen molar-refractivity contribution >= 4 is 11.6 Å². The zero-order valence-electron chi connectivity index (χ0n) is 9.82. The van der Waals surface area contributed by atoms with Crippen LogP contribution in [0.1, 0.15) is 10.4 Å². The van der Waals surface area contributed by atoms with Crippen molar-refractivity contribution in [3.8, 4) is 0 Å². The topological polar surface area (TPSA) is 49.6 Å². The quantitative estimate of drug-likeness (QED) is 0.822. The molecule has 0 bridgehead atoms. The number of nitrogens with zero attached hydrogens (tertiary/aromatic N) is 2. The van der Waals surface area contributed by atoms with Gasteiger partial charge in [-0.2, -0.15) is 0 Å². The Labute approximate surface area is 99.8 Å². The van der Waals surface area contributed by atoms with Gasteiger partial charge in [0.15, 0.2) is 0 Å². The molecular formula is C12H16FN3O. The summed E-state index contributed by atoms with van der Waals surface area (Å²) in [5.74, 6) is -0.986. The maximum Gasteiger partial charge on any atom is 0.248 e. The van der Waals surface area contributed by atoms with E-state index in [-0.39, 0.29) is 11.4 Å². The number of piperazine rings is 1. The van der Waals surface area contributed by atoms with Gasteiger partial charge in [0.05, 0.1) is 5.69 Å². The number of hydrogen-bond donors (Lipinski definition) is 1. The second-order valence-electron chi connectivity index (χ2n) is 4.32. The molecule has 1 amide bonds. The smallest absolute Gasteiger partial charge is 0.248 e. The van der Waals surface area contributed by atoms with Gasteiger partial charge in [0.2, 0.25) is 5.91 Å². The Morgan fingerprint density at radius 2 is 1.94 bits per heavy atom. The molecule has 4 nitrogen and oxygen atoms in total. The molecule has 0 atom stereocenters. The summed E-state index contributed by atoms with van der Waals surface area (Å²) in [4.78, 5) is 15.1. The number of likely N-dealkylation sites (N-methyl/N-ethyl adjacent to an activating group) is 1. The molecule has 92 valence electrons. The van der Waals surface area contributed by atoms with E-state index in [0.29, 0.717) is 5.69 Å². The van der Waals surface area contributed by atoms with E-state index < -0.39 is 5.91 Å². The van der Waals surface area contributed by atoms with Crippen molar-refractivity contribution in [3.05, 3.63) is 29.6 Å². The van der Waals surface area contributed by atoms with Crippen molar-refractivity contribution in [1.82, 2.24) is 4.90 Å². The summed E-state index contributed by atoms with van der Waals surface area (Å²) in [5.41, 5.74) is 5.86. The molecule has 0 aliphatic carbocycles. The van der Waals surface area contributed by atoms with Gasteiger partial charge in [-0.15, -0.1) is 0 Å². The fourth-order valence-corrected chi connectivity index (χ4v) is 1.96. The normalized spacial score (nSPS) is 17.2. The average Bonchev–Trinajstić information content (AvgIpc) is 2.30. The van der Waals surface area contributed by atoms with E-state index in [4.69, 9.17) is 5.73 Å². The zero-order valence-corrected chi connectivity index (χ0v) is 9.82. The number of carbonyl (C=O) groups excluding carboxylic acids is 1. The maximum atomic E-state index is 13.8. The minimum atomic E-state index is -0.603. The molecular weight excluding hydrogens is 221 g/mol. The van der Waals surface area contributed by atoms with Crippen molar-refractivity contribution in [2.75, 3.05) is 38.1 Å². The fourth-order valence-electron chi connectivity index (χ4n) is 1.96. The molecule has 1 fully saturated rings. The predicted octanol–water partition coefficient (Wildman–Crippen LogP) is 0.676. The van der Waals surface area contributed by atoms with Gasteiger partial charge < -0.3 is 15.5 Å². The lowest BCUT2D eigenvalue weighted by Crippen LogP contribution is -2.44. The lowest BCUT2D eigenvalue weighted by molar-refractivity contribution is 0.1000. The van der Waals surface area contributed by atoms with Crippen molar-refractivity contribution < 1.29 is 9.18 Å². The molecule has 17 heavy (non-hydrogen) atoms. The van der Waals surface area contributed by atoms with Gasteiger partial charge in [-0.05, 0) is 25.2 Å². The number of nitrogens with two attached hydrogens (primary N) is 1. The summed E-state index contributed by atoms with van der Waals surface area (Å²) in [7, 11) is 2.05. The summed E-state index contributed by atoms with van der Waals surface area (Å²) in [5, 5.41) is 0. The Hall–Kier alpha value is -1.62. The van der Waals surface area contributed by atoms with Crippen LogP contribution in [0.2, 0.25) is 0 Å². The van der Waals surface area contributed by atoms with Gasteiger partial charge in [-0.25, -0.2) is 4.39 Å². The molecule has 1 aliphatic heterocycles. The highest BCUT2D eigenvalue weighted by Crippen LogP contribution is 2.21. The van der Waals surface area contributed by atoms with Gasteiger partial charge in [-0.1, -0.05) is 0 Å². The molecule has 1 aromatic carbocycles. The number of carbonyl (C=O) groups is 1. The first-order valence-electron chi connectivity index (χ1n) is 5.61. The second kappa shape index (κ2) is 4.71. The predicted molar refractivity (Wildman–Crippen MR) is 64.6 cm³/mol. The molecule has 0 saturated carbocycles. The van der Waals surface area contributed by atoms with Gasteiger partial charge in [0.1, 0.15) is 5.82 Å². The minimum Gasteiger partial charge on any atom is -0.367 e. The largest absolute Gasteiger partial charge is 0.367 e. The second-order valence-corrected chi connectivity index (χ2v) is 4.32. The molecule has 1 heterocycles. The third-order valence-electron chi connectivity index (χ3n) is 3.08. The summed E-state index contributed by atoms with van der Waals surface area (Å²) >= 11 is 0. The van der Waals surface area contributed by atoms with Crippen LogP contribution in [0.25, 0.3) is 0 Å². The summed E-state index contributed by atoms with van der Waals surface area (Å²) < 4.78 is 13.8. The Morgan fingerprint density at radius 3 is 2.47 bits per heavy atom. The van der Waals surface area contributed by atoms with E-state index in [1.165, 1.54) is 6.07 Å². The van der Waals surface area contributed by atoms with Gasteiger partial charge in [0.25, 0.3) is 0 Å². The van der Waals surface area contributed by atoms with Crippen LogP contribution in [0.5, 0.6) is 0 Å². The van der Waals surface area contributed by atoms with Crippen LogP contribution >= 0.6 is 0 Å². The molecule has 2 N–H and O–H groups in total. The minimum absolute atomic E-state index is 0.209. The first kappa shape index (κ1) is 11.9. The van der Waals surface area contributed by atoms with Crippen molar-refractivity contribution in [2.45, 2.75) is 0 Å². The standard InChI is InChI=1S/C12H16FN3O/c1-15-4-6-16(7-5-15)11-3-2-9(12(14)17)8-10(11)13/h2-3,8H,4-7H2,1H3,(H2,14,17). The Morgan fingerprint density at radius 1 is 1.29 bits per heavy atom. The molecule has 1 saturated heterocycles. The van der Waals surface area contributed by atoms with Gasteiger partial charge >= 0.3 is 0 Å². The third kappa shape index (κ3) is 2.55. The van der Waals surface area contributed by atoms with Crippen molar-refractivity contribution in [3.63, 3.8) is 0 Å². The van der Waals surface area contributed by atoms with E-state index in [9.17, 15) is 9.18 Å². The van der Waals surface area contributed by atoms with E-state index in [0.717, 1.165) is 26.2 Å². The highest BCUT2D eigenvalue weighted by molar-refractivity contribution is 5.93. The van der Waals surface area contributed by atoms with Crippen LogP contribution in [-0.4, -0.2) is 44.0 Å². The molecule has 0 aromatic heterocycles. The highest BCUT2D eigenvalue weighted by Gasteiger charge is 2.17. The van der Waals surface area contributed by atoms with Gasteiger partial charge in [0, 0.05) is 31.7 Å². The molecule has 1 aromatic rings. The summed E-state index contributed by atoms with van der Waals surface area (Å²) in [6, 6.07) is 4.40. The number of amides is 1. The van der Waals surface area contributed by atoms with E-state index in [1.807, 2.05) is 11.9 Å². The Balaban J connectivity index is 2.19. The van der Waals surface area contributed by atoms with E-state index in [1.54, 1.807) is 12.1 Å². The first-order chi connectivity index (χ1) is 8.08. The van der Waals surface area contributed by atoms with Crippen LogP contribution < -0.4 is 10.6 Å². The van der Waals surface area contributed by atoms with E-state index >= 15 is 0 Å². The lowest BCUT2D eigenvalue weighted by Gasteiger charge is -2.34. The monoisotopic (exact) mass is 237 g/mol.